The molecule has 0 fully saturated rings. The Bertz CT molecular complexity index is 748. The lowest BCUT2D eigenvalue weighted by molar-refractivity contribution is 0.276. The van der Waals surface area contributed by atoms with Gasteiger partial charge in [-0.25, -0.2) is 0 Å². The van der Waals surface area contributed by atoms with Crippen LogP contribution >= 0.6 is 0 Å². The van der Waals surface area contributed by atoms with Crippen LogP contribution in [-0.4, -0.2) is 8.32 Å². The number of fused-ring (bicyclic) bond motifs is 3. The lowest BCUT2D eigenvalue weighted by Crippen LogP contribution is -2.58. The summed E-state index contributed by atoms with van der Waals surface area (Å²) in [5, 5.41) is 0.354. The third-order valence-corrected chi connectivity index (χ3v) is 14.7. The van der Waals surface area contributed by atoms with Crippen LogP contribution < -0.4 is 4.43 Å². The Morgan fingerprint density at radius 2 is 1.76 bits per heavy atom. The lowest BCUT2D eigenvalue weighted by Gasteiger charge is -2.51. The fraction of sp³-hybridized carbons (Fsp3) is 0.704. The van der Waals surface area contributed by atoms with E-state index in [9.17, 15) is 0 Å². The summed E-state index contributed by atoms with van der Waals surface area (Å²) in [5.41, 5.74) is 3.42. The van der Waals surface area contributed by atoms with Gasteiger partial charge in [0.25, 0.3) is 8.32 Å². The fourth-order valence-electron chi connectivity index (χ4n) is 6.36. The highest BCUT2D eigenvalue weighted by Crippen LogP contribution is 2.55. The lowest BCUT2D eigenvalue weighted by atomic mass is 9.60. The van der Waals surface area contributed by atoms with E-state index in [1.54, 1.807) is 5.56 Å². The van der Waals surface area contributed by atoms with Gasteiger partial charge < -0.3 is 4.43 Å². The minimum Gasteiger partial charge on any atom is -0.542 e. The second-order valence-electron chi connectivity index (χ2n) is 12.4. The van der Waals surface area contributed by atoms with Gasteiger partial charge >= 0.3 is 0 Å². The standard InChI is InChI=1S/C27H44OSi/c1-20(2)19-29(25(3,4)5,26(6,7)8)28-23-15-16-24-21(18-23)13-14-22-12-10-11-17-27(22,24)9/h10,12,15-16,18,20,22H,11,13-14,17,19H2,1-9H3/t22-,27+/m1/s1. The summed E-state index contributed by atoms with van der Waals surface area (Å²) in [6.07, 6.45) is 9.82. The smallest absolute Gasteiger partial charge is 0.262 e. The van der Waals surface area contributed by atoms with Gasteiger partial charge in [0.15, 0.2) is 0 Å². The van der Waals surface area contributed by atoms with Gasteiger partial charge in [0, 0.05) is 0 Å². The van der Waals surface area contributed by atoms with Crippen LogP contribution in [0.3, 0.4) is 0 Å². The molecule has 3 rings (SSSR count). The van der Waals surface area contributed by atoms with E-state index < -0.39 is 8.32 Å². The van der Waals surface area contributed by atoms with Gasteiger partial charge in [0.1, 0.15) is 5.75 Å². The zero-order chi connectivity index (χ0) is 21.7. The first-order chi connectivity index (χ1) is 13.3. The van der Waals surface area contributed by atoms with Gasteiger partial charge in [-0.15, -0.1) is 0 Å². The quantitative estimate of drug-likeness (QED) is 0.356. The molecule has 0 amide bonds. The molecule has 0 heterocycles. The number of aryl methyl sites for hydroxylation is 1. The van der Waals surface area contributed by atoms with Crippen LogP contribution in [-0.2, 0) is 11.8 Å². The second kappa shape index (κ2) is 7.59. The Hall–Kier alpha value is -1.02. The summed E-state index contributed by atoms with van der Waals surface area (Å²) in [7, 11) is -2.11. The molecule has 2 heteroatoms. The summed E-state index contributed by atoms with van der Waals surface area (Å²) in [6.45, 7) is 21.6. The van der Waals surface area contributed by atoms with E-state index in [-0.39, 0.29) is 10.1 Å². The van der Waals surface area contributed by atoms with Crippen LogP contribution in [0, 0.1) is 11.8 Å². The van der Waals surface area contributed by atoms with E-state index in [2.05, 4.69) is 92.7 Å². The predicted octanol–water partition coefficient (Wildman–Crippen LogP) is 8.44. The molecule has 1 nitrogen and oxygen atoms in total. The van der Waals surface area contributed by atoms with E-state index in [0.717, 1.165) is 5.75 Å². The Morgan fingerprint density at radius 3 is 2.34 bits per heavy atom. The summed E-state index contributed by atoms with van der Waals surface area (Å²) >= 11 is 0. The zero-order valence-corrected chi connectivity index (χ0v) is 21.5. The van der Waals surface area contributed by atoms with E-state index in [1.165, 1.54) is 37.3 Å². The Kier molecular flexibility index (Phi) is 5.93. The third-order valence-electron chi connectivity index (χ3n) is 7.84. The molecule has 0 unspecified atom stereocenters. The molecule has 162 valence electrons. The van der Waals surface area contributed by atoms with Gasteiger partial charge in [-0.2, -0.15) is 0 Å². The van der Waals surface area contributed by atoms with Crippen molar-refractivity contribution in [2.45, 2.75) is 110 Å². The number of benzene rings is 1. The highest BCUT2D eigenvalue weighted by molar-refractivity contribution is 6.80. The molecule has 2 aliphatic carbocycles. The van der Waals surface area contributed by atoms with Crippen molar-refractivity contribution in [3.05, 3.63) is 41.5 Å². The maximum atomic E-state index is 7.20. The molecule has 0 bridgehead atoms. The van der Waals surface area contributed by atoms with Crippen LogP contribution in [0.4, 0.5) is 0 Å². The van der Waals surface area contributed by atoms with E-state index in [4.69, 9.17) is 4.43 Å². The van der Waals surface area contributed by atoms with Crippen molar-refractivity contribution in [1.29, 1.82) is 0 Å². The normalized spacial score (nSPS) is 25.0. The Balaban J connectivity index is 2.01. The number of hydrogen-bond donors (Lipinski definition) is 0. The van der Waals surface area contributed by atoms with Crippen molar-refractivity contribution in [1.82, 2.24) is 0 Å². The van der Waals surface area contributed by atoms with Gasteiger partial charge in [-0.05, 0) is 82.3 Å². The molecule has 0 aromatic heterocycles. The molecule has 0 N–H and O–H groups in total. The van der Waals surface area contributed by atoms with Gasteiger partial charge in [0.05, 0.1) is 0 Å². The zero-order valence-electron chi connectivity index (χ0n) is 20.5. The van der Waals surface area contributed by atoms with Crippen LogP contribution in [0.5, 0.6) is 5.75 Å². The van der Waals surface area contributed by atoms with Crippen LogP contribution in [0.15, 0.2) is 30.4 Å². The van der Waals surface area contributed by atoms with Crippen molar-refractivity contribution in [3.63, 3.8) is 0 Å². The Morgan fingerprint density at radius 1 is 1.10 bits per heavy atom. The van der Waals surface area contributed by atoms with Crippen molar-refractivity contribution in [3.8, 4) is 5.75 Å². The molecule has 0 radical (unpaired) electrons. The highest BCUT2D eigenvalue weighted by Gasteiger charge is 2.57. The van der Waals surface area contributed by atoms with Crippen molar-refractivity contribution < 1.29 is 4.43 Å². The minimum atomic E-state index is -2.11. The molecular weight excluding hydrogens is 368 g/mol. The predicted molar refractivity (Wildman–Crippen MR) is 129 cm³/mol. The highest BCUT2D eigenvalue weighted by atomic mass is 28.4. The number of rotatable bonds is 4. The molecule has 0 saturated heterocycles. The maximum Gasteiger partial charge on any atom is 0.262 e. The summed E-state index contributed by atoms with van der Waals surface area (Å²) in [6, 6.07) is 8.32. The van der Waals surface area contributed by atoms with Crippen LogP contribution in [0.1, 0.15) is 92.7 Å². The molecule has 0 saturated carbocycles. The first-order valence-corrected chi connectivity index (χ1v) is 13.9. The van der Waals surface area contributed by atoms with Gasteiger partial charge in [0.2, 0.25) is 0 Å². The second-order valence-corrected chi connectivity index (χ2v) is 17.6. The van der Waals surface area contributed by atoms with Crippen molar-refractivity contribution in [2.24, 2.45) is 11.8 Å². The van der Waals surface area contributed by atoms with Crippen molar-refractivity contribution >= 4 is 8.32 Å². The van der Waals surface area contributed by atoms with Crippen molar-refractivity contribution in [2.75, 3.05) is 0 Å². The topological polar surface area (TPSA) is 9.23 Å². The maximum absolute atomic E-state index is 7.20. The number of allylic oxidation sites excluding steroid dienone is 2. The molecule has 0 aliphatic heterocycles. The summed E-state index contributed by atoms with van der Waals surface area (Å²) < 4.78 is 7.20. The molecule has 1 aromatic carbocycles. The minimum absolute atomic E-state index is 0.177. The monoisotopic (exact) mass is 412 g/mol. The summed E-state index contributed by atoms with van der Waals surface area (Å²) in [5.74, 6) is 2.47. The molecule has 1 aromatic rings. The Labute approximate surface area is 181 Å². The van der Waals surface area contributed by atoms with Gasteiger partial charge in [-0.1, -0.05) is 80.5 Å². The van der Waals surface area contributed by atoms with E-state index >= 15 is 0 Å². The van der Waals surface area contributed by atoms with E-state index in [0.29, 0.717) is 17.3 Å². The number of hydrogen-bond acceptors (Lipinski definition) is 1. The fourth-order valence-corrected chi connectivity index (χ4v) is 12.2. The van der Waals surface area contributed by atoms with Gasteiger partial charge in [-0.3, -0.25) is 0 Å². The first-order valence-electron chi connectivity index (χ1n) is 11.8. The van der Waals surface area contributed by atoms with Crippen LogP contribution in [0.25, 0.3) is 0 Å². The summed E-state index contributed by atoms with van der Waals surface area (Å²) in [4.78, 5) is 0. The van der Waals surface area contributed by atoms with Crippen LogP contribution in [0.2, 0.25) is 16.1 Å². The SMILES string of the molecule is CC(C)C[Si](Oc1ccc2c(c1)CC[C@H]1C=CCC[C@]21C)(C(C)(C)C)C(C)(C)C. The molecule has 0 spiro atoms. The molecular formula is C27H44OSi. The molecule has 2 atom stereocenters. The first kappa shape index (κ1) is 22.7. The molecule has 2 aliphatic rings. The average molecular weight is 413 g/mol. The third kappa shape index (κ3) is 3.99. The largest absolute Gasteiger partial charge is 0.542 e. The average Bonchev–Trinajstić information content (AvgIpc) is 2.58. The molecule has 29 heavy (non-hydrogen) atoms. The van der Waals surface area contributed by atoms with E-state index in [1.807, 2.05) is 0 Å².